The molecule has 1 atom stereocenters. The molecule has 10 rings (SSSR count). The summed E-state index contributed by atoms with van der Waals surface area (Å²) in [7, 11) is 0. The molecule has 2 fully saturated rings. The van der Waals surface area contributed by atoms with Crippen molar-refractivity contribution >= 4 is 28.4 Å². The number of piperidine rings is 1. The molecule has 5 heterocycles. The molecule has 1 unspecified atom stereocenters. The van der Waals surface area contributed by atoms with E-state index in [0.29, 0.717) is 5.75 Å². The van der Waals surface area contributed by atoms with Gasteiger partial charge in [-0.05, 0) is 125 Å². The number of aromatic nitrogens is 3. The first-order valence-electron chi connectivity index (χ1n) is 21.6. The molecule has 306 valence electrons. The highest BCUT2D eigenvalue weighted by atomic mass is 32.1. The summed E-state index contributed by atoms with van der Waals surface area (Å²) in [5, 5.41) is 19.3. The van der Waals surface area contributed by atoms with E-state index in [1.165, 1.54) is 101 Å². The van der Waals surface area contributed by atoms with Crippen LogP contribution in [-0.2, 0) is 12.8 Å². The highest BCUT2D eigenvalue weighted by molar-refractivity contribution is 7.15. The number of para-hydroxylation sites is 1. The van der Waals surface area contributed by atoms with Crippen LogP contribution in [0.25, 0.3) is 5.00 Å². The van der Waals surface area contributed by atoms with Crippen molar-refractivity contribution in [2.45, 2.75) is 72.3 Å². The number of aryl methyl sites for hydroxylation is 4. The topological polar surface area (TPSA) is 73.0 Å². The van der Waals surface area contributed by atoms with Gasteiger partial charge in [-0.25, -0.2) is 0 Å². The molecule has 8 nitrogen and oxygen atoms in total. The highest BCUT2D eigenvalue weighted by Crippen LogP contribution is 2.39. The van der Waals surface area contributed by atoms with Crippen LogP contribution in [0.4, 0.5) is 11.4 Å². The molecule has 3 aliphatic heterocycles. The Morgan fingerprint density at radius 3 is 1.97 bits per heavy atom. The molecule has 0 spiro atoms. The molecule has 4 aliphatic rings. The first-order valence-corrected chi connectivity index (χ1v) is 22.4. The van der Waals surface area contributed by atoms with Gasteiger partial charge in [0, 0.05) is 73.2 Å². The Kier molecular flexibility index (Phi) is 12.9. The quantitative estimate of drug-likeness (QED) is 0.187. The Labute approximate surface area is 354 Å². The third kappa shape index (κ3) is 9.47. The zero-order valence-corrected chi connectivity index (χ0v) is 36.0. The minimum absolute atomic E-state index is 0.0566. The second kappa shape index (κ2) is 18.8. The lowest BCUT2D eigenvalue weighted by Crippen LogP contribution is -2.49. The number of fused-ring (bicyclic) bond motifs is 4. The summed E-state index contributed by atoms with van der Waals surface area (Å²) < 4.78 is 2.21. The molecule has 1 aliphatic carbocycles. The van der Waals surface area contributed by atoms with E-state index in [1.807, 2.05) is 66.8 Å². The maximum absolute atomic E-state index is 9.19. The van der Waals surface area contributed by atoms with Gasteiger partial charge in [0.15, 0.2) is 5.82 Å². The first kappa shape index (κ1) is 40.5. The van der Waals surface area contributed by atoms with Gasteiger partial charge in [0.25, 0.3) is 0 Å². The maximum atomic E-state index is 9.19. The van der Waals surface area contributed by atoms with Crippen molar-refractivity contribution in [3.05, 3.63) is 154 Å². The Balaban J connectivity index is 0.000000234. The number of benzene rings is 4. The summed E-state index contributed by atoms with van der Waals surface area (Å²) in [6.45, 7) is 16.6. The maximum Gasteiger partial charge on any atom is 0.162 e. The van der Waals surface area contributed by atoms with Crippen LogP contribution < -0.4 is 9.80 Å². The van der Waals surface area contributed by atoms with Crippen LogP contribution in [0.15, 0.2) is 114 Å². The van der Waals surface area contributed by atoms with E-state index in [2.05, 4.69) is 105 Å². The van der Waals surface area contributed by atoms with Crippen LogP contribution in [0.1, 0.15) is 83.0 Å². The second-order valence-corrected chi connectivity index (χ2v) is 17.7. The summed E-state index contributed by atoms with van der Waals surface area (Å²) >= 11 is 1.82. The van der Waals surface area contributed by atoms with Crippen LogP contribution in [0.2, 0.25) is 0 Å². The fraction of sp³-hybridized carbons (Fsp3) is 0.380. The van der Waals surface area contributed by atoms with Crippen LogP contribution in [0.3, 0.4) is 0 Å². The van der Waals surface area contributed by atoms with Crippen LogP contribution >= 0.6 is 11.3 Å². The molecular formula is C50H59N7OS. The molecule has 0 bridgehead atoms. The molecule has 1 N–H and O–H groups in total. The van der Waals surface area contributed by atoms with E-state index < -0.39 is 0 Å². The van der Waals surface area contributed by atoms with Gasteiger partial charge in [-0.2, -0.15) is 0 Å². The number of aliphatic imine (C=N–C) groups is 1. The van der Waals surface area contributed by atoms with Crippen molar-refractivity contribution in [1.29, 1.82) is 0 Å². The summed E-state index contributed by atoms with van der Waals surface area (Å²) in [6, 6.07) is 37.7. The number of hydrogen-bond acceptors (Lipinski definition) is 8. The first-order chi connectivity index (χ1) is 28.8. The van der Waals surface area contributed by atoms with E-state index in [4.69, 9.17) is 4.99 Å². The number of piperazine rings is 1. The van der Waals surface area contributed by atoms with Gasteiger partial charge >= 0.3 is 0 Å². The van der Waals surface area contributed by atoms with E-state index in [1.54, 1.807) is 6.07 Å². The largest absolute Gasteiger partial charge is 0.508 e. The van der Waals surface area contributed by atoms with Gasteiger partial charge in [0.1, 0.15) is 22.6 Å². The number of nitrogens with zero attached hydrogens (tertiary/aromatic N) is 7. The Morgan fingerprint density at radius 2 is 1.29 bits per heavy atom. The lowest BCUT2D eigenvalue weighted by atomic mass is 9.92. The Bertz CT molecular complexity index is 2270. The fourth-order valence-electron chi connectivity index (χ4n) is 8.98. The molecule has 0 saturated carbocycles. The average Bonchev–Trinajstić information content (AvgIpc) is 3.77. The lowest BCUT2D eigenvalue weighted by molar-refractivity contribution is 0.201. The van der Waals surface area contributed by atoms with Gasteiger partial charge in [-0.1, -0.05) is 72.8 Å². The summed E-state index contributed by atoms with van der Waals surface area (Å²) in [4.78, 5) is 14.3. The van der Waals surface area contributed by atoms with Gasteiger partial charge in [0.05, 0.1) is 5.71 Å². The minimum Gasteiger partial charge on any atom is -0.508 e. The van der Waals surface area contributed by atoms with E-state index in [0.717, 1.165) is 55.9 Å². The number of anilines is 2. The molecule has 0 radical (unpaired) electrons. The number of phenols is 1. The summed E-state index contributed by atoms with van der Waals surface area (Å²) in [6.07, 6.45) is 7.50. The van der Waals surface area contributed by atoms with Gasteiger partial charge < -0.3 is 14.9 Å². The van der Waals surface area contributed by atoms with Crippen molar-refractivity contribution in [2.24, 2.45) is 10.9 Å². The van der Waals surface area contributed by atoms with Crippen molar-refractivity contribution in [3.8, 4) is 10.8 Å². The van der Waals surface area contributed by atoms with Crippen LogP contribution in [0, 0.1) is 26.7 Å². The zero-order valence-electron chi connectivity index (χ0n) is 35.2. The minimum atomic E-state index is -0.0566. The third-order valence-corrected chi connectivity index (χ3v) is 13.7. The van der Waals surface area contributed by atoms with E-state index in [-0.39, 0.29) is 6.04 Å². The van der Waals surface area contributed by atoms with Crippen molar-refractivity contribution in [2.75, 3.05) is 55.6 Å². The van der Waals surface area contributed by atoms with Gasteiger partial charge in [0.2, 0.25) is 0 Å². The van der Waals surface area contributed by atoms with E-state index >= 15 is 0 Å². The summed E-state index contributed by atoms with van der Waals surface area (Å²) in [5.41, 5.74) is 10.2. The Morgan fingerprint density at radius 1 is 0.678 bits per heavy atom. The smallest absolute Gasteiger partial charge is 0.162 e. The van der Waals surface area contributed by atoms with E-state index in [9.17, 15) is 5.11 Å². The monoisotopic (exact) mass is 805 g/mol. The van der Waals surface area contributed by atoms with Gasteiger partial charge in [-0.15, -0.1) is 21.5 Å². The normalized spacial score (nSPS) is 17.9. The fourth-order valence-corrected chi connectivity index (χ4v) is 10.2. The number of hydrogen-bond donors (Lipinski definition) is 1. The highest BCUT2D eigenvalue weighted by Gasteiger charge is 2.30. The number of aromatic hydroxyl groups is 1. The molecule has 6 aromatic rings. The zero-order chi connectivity index (χ0) is 40.7. The molecule has 4 aromatic carbocycles. The Hall–Kier alpha value is -5.25. The predicted molar refractivity (Wildman–Crippen MR) is 245 cm³/mol. The summed E-state index contributed by atoms with van der Waals surface area (Å²) in [5.74, 6) is 3.05. The number of rotatable bonds is 5. The average molecular weight is 806 g/mol. The lowest BCUT2D eigenvalue weighted by Gasteiger charge is -2.40. The predicted octanol–water partition coefficient (Wildman–Crippen LogP) is 10.2. The van der Waals surface area contributed by atoms with Crippen LogP contribution in [-0.4, -0.2) is 76.3 Å². The second-order valence-electron chi connectivity index (χ2n) is 16.5. The molecule has 2 aromatic heterocycles. The van der Waals surface area contributed by atoms with Gasteiger partial charge in [-0.3, -0.25) is 14.5 Å². The molecule has 59 heavy (non-hydrogen) atoms. The van der Waals surface area contributed by atoms with Crippen molar-refractivity contribution < 1.29 is 5.11 Å². The standard InChI is InChI=1S/C34H41N7S.C10H12O.C6H6/c1-23-25(3)42-34-31(23)32(35-24(2)33-37-36-26(4)41(33)34)28-10-12-30(13-11-28)40-20-18-38(19-21-40)22-27-14-16-39(17-15-27)29-8-6-5-7-9-29;11-10-6-5-8-3-1-2-4-9(8)7-10;1-2-4-6-5-3-1/h5-13,24,27H,14-22H2,1-4H3;5-7,11H,1-4H2;1-6H. The third-order valence-electron chi connectivity index (χ3n) is 12.5. The number of phenolic OH excluding ortho intramolecular Hbond substituents is 1. The number of thiophene rings is 1. The van der Waals surface area contributed by atoms with Crippen LogP contribution in [0.5, 0.6) is 5.75 Å². The molecular weight excluding hydrogens is 747 g/mol. The molecule has 0 amide bonds. The molecule has 2 saturated heterocycles. The molecule has 9 heteroatoms. The SMILES string of the molecule is Cc1sc2c(c1C)C(c1ccc(N3CCN(CC4CCN(c5ccccc5)CC4)CC3)cc1)=NC(C)c1nnc(C)n1-2.Oc1ccc2c(c1)CCCC2.c1ccccc1. The van der Waals surface area contributed by atoms with Crippen molar-refractivity contribution in [3.63, 3.8) is 0 Å². The van der Waals surface area contributed by atoms with Crippen molar-refractivity contribution in [1.82, 2.24) is 19.7 Å².